The van der Waals surface area contributed by atoms with Crippen LogP contribution < -0.4 is 5.32 Å². The van der Waals surface area contributed by atoms with Gasteiger partial charge in [0, 0.05) is 7.05 Å². The molecule has 3 nitrogen and oxygen atoms in total. The molecule has 0 aliphatic heterocycles. The van der Waals surface area contributed by atoms with Gasteiger partial charge >= 0.3 is 0 Å². The van der Waals surface area contributed by atoms with E-state index in [0.29, 0.717) is 10.7 Å². The van der Waals surface area contributed by atoms with Gasteiger partial charge in [-0.3, -0.25) is 0 Å². The molecule has 0 radical (unpaired) electrons. The van der Waals surface area contributed by atoms with E-state index < -0.39 is 0 Å². The Hall–Kier alpha value is -1.08. The van der Waals surface area contributed by atoms with Gasteiger partial charge in [-0.15, -0.1) is 11.3 Å². The number of nitrogens with one attached hydrogen (secondary N) is 1. The SMILES string of the molecule is CNc1nc(C)sc1C#N. The molecule has 1 N–H and O–H groups in total. The summed E-state index contributed by atoms with van der Waals surface area (Å²) in [7, 11) is 1.76. The third-order valence-corrected chi connectivity index (χ3v) is 1.95. The molecule has 0 saturated heterocycles. The van der Waals surface area contributed by atoms with E-state index in [-0.39, 0.29) is 0 Å². The molecule has 0 unspecified atom stereocenters. The van der Waals surface area contributed by atoms with Crippen LogP contribution in [-0.4, -0.2) is 12.0 Å². The fourth-order valence-electron chi connectivity index (χ4n) is 0.672. The van der Waals surface area contributed by atoms with Crippen molar-refractivity contribution in [3.63, 3.8) is 0 Å². The minimum atomic E-state index is 0.653. The van der Waals surface area contributed by atoms with Gasteiger partial charge in [0.1, 0.15) is 10.9 Å². The van der Waals surface area contributed by atoms with Crippen LogP contribution in [0.15, 0.2) is 0 Å². The monoisotopic (exact) mass is 153 g/mol. The first-order valence-electron chi connectivity index (χ1n) is 2.83. The molecule has 0 aliphatic carbocycles. The molecule has 4 heteroatoms. The molecule has 52 valence electrons. The first-order valence-corrected chi connectivity index (χ1v) is 3.65. The zero-order chi connectivity index (χ0) is 7.56. The first-order chi connectivity index (χ1) is 4.77. The van der Waals surface area contributed by atoms with Crippen LogP contribution in [0.25, 0.3) is 0 Å². The number of aryl methyl sites for hydroxylation is 1. The molecule has 10 heavy (non-hydrogen) atoms. The summed E-state index contributed by atoms with van der Waals surface area (Å²) in [4.78, 5) is 4.74. The van der Waals surface area contributed by atoms with Crippen molar-refractivity contribution in [3.8, 4) is 6.07 Å². The molecule has 0 amide bonds. The molecule has 0 atom stereocenters. The molecule has 0 fully saturated rings. The second-order valence-corrected chi connectivity index (χ2v) is 2.98. The summed E-state index contributed by atoms with van der Waals surface area (Å²) in [6.45, 7) is 1.88. The Morgan fingerprint density at radius 3 is 2.80 bits per heavy atom. The van der Waals surface area contributed by atoms with Gasteiger partial charge in [0.2, 0.25) is 0 Å². The molecule has 0 aliphatic rings. The van der Waals surface area contributed by atoms with Crippen molar-refractivity contribution in [2.45, 2.75) is 6.92 Å². The standard InChI is InChI=1S/C6H7N3S/c1-4-9-6(8-2)5(3-7)10-4/h8H,1-2H3. The number of anilines is 1. The Balaban J connectivity index is 3.12. The highest BCUT2D eigenvalue weighted by Crippen LogP contribution is 2.20. The summed E-state index contributed by atoms with van der Waals surface area (Å²) in [5, 5.41) is 12.3. The van der Waals surface area contributed by atoms with Crippen molar-refractivity contribution in [1.29, 1.82) is 5.26 Å². The van der Waals surface area contributed by atoms with Crippen molar-refractivity contribution in [3.05, 3.63) is 9.88 Å². The van der Waals surface area contributed by atoms with E-state index in [4.69, 9.17) is 5.26 Å². The van der Waals surface area contributed by atoms with Gasteiger partial charge in [-0.1, -0.05) is 0 Å². The summed E-state index contributed by atoms with van der Waals surface area (Å²) in [6.07, 6.45) is 0. The lowest BCUT2D eigenvalue weighted by atomic mass is 10.5. The maximum Gasteiger partial charge on any atom is 0.155 e. The fourth-order valence-corrected chi connectivity index (χ4v) is 1.39. The molecule has 1 rings (SSSR count). The smallest absolute Gasteiger partial charge is 0.155 e. The van der Waals surface area contributed by atoms with Crippen LogP contribution in [0.2, 0.25) is 0 Å². The summed E-state index contributed by atoms with van der Waals surface area (Å²) in [6, 6.07) is 2.06. The van der Waals surface area contributed by atoms with Gasteiger partial charge in [0.25, 0.3) is 0 Å². The molecular weight excluding hydrogens is 146 g/mol. The Bertz CT molecular complexity index is 271. The Labute approximate surface area is 63.3 Å². The minimum absolute atomic E-state index is 0.653. The van der Waals surface area contributed by atoms with Gasteiger partial charge in [-0.2, -0.15) is 5.26 Å². The average Bonchev–Trinajstić information content (AvgIpc) is 2.30. The Morgan fingerprint density at radius 2 is 2.40 bits per heavy atom. The predicted octanol–water partition coefficient (Wildman–Crippen LogP) is 1.36. The average molecular weight is 153 g/mol. The molecule has 0 saturated carbocycles. The lowest BCUT2D eigenvalue weighted by Gasteiger charge is -1.89. The van der Waals surface area contributed by atoms with Crippen molar-refractivity contribution < 1.29 is 0 Å². The Morgan fingerprint density at radius 1 is 1.70 bits per heavy atom. The fraction of sp³-hybridized carbons (Fsp3) is 0.333. The van der Waals surface area contributed by atoms with Crippen LogP contribution in [-0.2, 0) is 0 Å². The van der Waals surface area contributed by atoms with E-state index in [2.05, 4.69) is 16.4 Å². The summed E-state index contributed by atoms with van der Waals surface area (Å²) in [5.41, 5.74) is 0. The third kappa shape index (κ3) is 1.09. The summed E-state index contributed by atoms with van der Waals surface area (Å²) < 4.78 is 0. The highest BCUT2D eigenvalue weighted by Gasteiger charge is 2.04. The predicted molar refractivity (Wildman–Crippen MR) is 41.1 cm³/mol. The van der Waals surface area contributed by atoms with Crippen LogP contribution in [0.3, 0.4) is 0 Å². The van der Waals surface area contributed by atoms with E-state index in [1.54, 1.807) is 7.05 Å². The molecule has 1 aromatic heterocycles. The van der Waals surface area contributed by atoms with E-state index in [1.807, 2.05) is 6.92 Å². The van der Waals surface area contributed by atoms with Crippen LogP contribution in [0.4, 0.5) is 5.82 Å². The van der Waals surface area contributed by atoms with Crippen molar-refractivity contribution in [2.75, 3.05) is 12.4 Å². The van der Waals surface area contributed by atoms with E-state index in [0.717, 1.165) is 5.01 Å². The van der Waals surface area contributed by atoms with Gasteiger partial charge in [0.15, 0.2) is 5.82 Å². The number of aromatic nitrogens is 1. The highest BCUT2D eigenvalue weighted by molar-refractivity contribution is 7.12. The summed E-state index contributed by atoms with van der Waals surface area (Å²) >= 11 is 1.40. The van der Waals surface area contributed by atoms with Gasteiger partial charge < -0.3 is 5.32 Å². The number of rotatable bonds is 1. The van der Waals surface area contributed by atoms with E-state index in [1.165, 1.54) is 11.3 Å². The molecule has 0 bridgehead atoms. The lowest BCUT2D eigenvalue weighted by Crippen LogP contribution is -1.89. The Kier molecular flexibility index (Phi) is 1.88. The zero-order valence-electron chi connectivity index (χ0n) is 5.80. The minimum Gasteiger partial charge on any atom is -0.371 e. The largest absolute Gasteiger partial charge is 0.371 e. The third-order valence-electron chi connectivity index (χ3n) is 1.07. The maximum absolute atomic E-state index is 8.54. The topological polar surface area (TPSA) is 48.7 Å². The van der Waals surface area contributed by atoms with Crippen molar-refractivity contribution in [1.82, 2.24) is 4.98 Å². The second-order valence-electron chi connectivity index (χ2n) is 1.77. The van der Waals surface area contributed by atoms with Gasteiger partial charge in [-0.25, -0.2) is 4.98 Å². The molecule has 0 aromatic carbocycles. The van der Waals surface area contributed by atoms with Crippen LogP contribution in [0.1, 0.15) is 9.88 Å². The van der Waals surface area contributed by atoms with Gasteiger partial charge in [-0.05, 0) is 6.92 Å². The molecule has 0 spiro atoms. The van der Waals surface area contributed by atoms with Gasteiger partial charge in [0.05, 0.1) is 5.01 Å². The number of hydrogen-bond donors (Lipinski definition) is 1. The van der Waals surface area contributed by atoms with Crippen LogP contribution in [0.5, 0.6) is 0 Å². The van der Waals surface area contributed by atoms with Crippen LogP contribution >= 0.6 is 11.3 Å². The quantitative estimate of drug-likeness (QED) is 0.662. The summed E-state index contributed by atoms with van der Waals surface area (Å²) in [5.74, 6) is 0.685. The van der Waals surface area contributed by atoms with Crippen LogP contribution in [0, 0.1) is 18.3 Å². The highest BCUT2D eigenvalue weighted by atomic mass is 32.1. The normalized spacial score (nSPS) is 8.90. The molecule has 1 heterocycles. The zero-order valence-corrected chi connectivity index (χ0v) is 6.62. The number of nitrogens with zero attached hydrogens (tertiary/aromatic N) is 2. The van der Waals surface area contributed by atoms with E-state index in [9.17, 15) is 0 Å². The lowest BCUT2D eigenvalue weighted by molar-refractivity contribution is 1.26. The molecular formula is C6H7N3S. The second kappa shape index (κ2) is 2.67. The van der Waals surface area contributed by atoms with Crippen molar-refractivity contribution >= 4 is 17.2 Å². The first kappa shape index (κ1) is 7.03. The van der Waals surface area contributed by atoms with Crippen molar-refractivity contribution in [2.24, 2.45) is 0 Å². The van der Waals surface area contributed by atoms with E-state index >= 15 is 0 Å². The number of hydrogen-bond acceptors (Lipinski definition) is 4. The maximum atomic E-state index is 8.54. The number of thiazole rings is 1. The number of nitriles is 1. The molecule has 1 aromatic rings.